The van der Waals surface area contributed by atoms with Crippen molar-refractivity contribution in [2.75, 3.05) is 33.4 Å². The second-order valence-electron chi connectivity index (χ2n) is 7.09. The van der Waals surface area contributed by atoms with Crippen LogP contribution in [-0.2, 0) is 4.74 Å². The van der Waals surface area contributed by atoms with Crippen molar-refractivity contribution in [3.8, 4) is 0 Å². The number of nitrogens with one attached hydrogen (secondary N) is 1. The van der Waals surface area contributed by atoms with Gasteiger partial charge in [-0.25, -0.2) is 0 Å². The molecule has 1 fully saturated rings. The molecule has 3 unspecified atom stereocenters. The van der Waals surface area contributed by atoms with E-state index in [2.05, 4.69) is 44.8 Å². The normalized spacial score (nSPS) is 27.5. The summed E-state index contributed by atoms with van der Waals surface area (Å²) in [6.07, 6.45) is 2.39. The number of ether oxygens (including phenoxy) is 1. The maximum Gasteiger partial charge on any atom is 0.0467 e. The summed E-state index contributed by atoms with van der Waals surface area (Å²) in [6, 6.07) is 1.29. The third kappa shape index (κ3) is 5.41. The largest absolute Gasteiger partial charge is 0.385 e. The van der Waals surface area contributed by atoms with E-state index in [9.17, 15) is 0 Å². The van der Waals surface area contributed by atoms with Crippen LogP contribution in [-0.4, -0.2) is 50.3 Å². The lowest BCUT2D eigenvalue weighted by Crippen LogP contribution is -2.59. The van der Waals surface area contributed by atoms with Gasteiger partial charge in [-0.3, -0.25) is 4.90 Å². The van der Waals surface area contributed by atoms with Gasteiger partial charge in [0.1, 0.15) is 0 Å². The van der Waals surface area contributed by atoms with Crippen LogP contribution < -0.4 is 5.32 Å². The Morgan fingerprint density at radius 1 is 1.42 bits per heavy atom. The SMILES string of the molecule is CCC(C)C1CN(CC(C)(C)CCOC)C(C)CN1. The van der Waals surface area contributed by atoms with E-state index in [4.69, 9.17) is 4.74 Å². The molecule has 1 aliphatic heterocycles. The van der Waals surface area contributed by atoms with Gasteiger partial charge < -0.3 is 10.1 Å². The van der Waals surface area contributed by atoms with E-state index in [0.717, 1.165) is 25.5 Å². The van der Waals surface area contributed by atoms with Crippen molar-refractivity contribution in [2.45, 2.75) is 59.5 Å². The van der Waals surface area contributed by atoms with Gasteiger partial charge in [-0.15, -0.1) is 0 Å². The summed E-state index contributed by atoms with van der Waals surface area (Å²) >= 11 is 0. The quantitative estimate of drug-likeness (QED) is 0.770. The first-order chi connectivity index (χ1) is 8.89. The first-order valence-corrected chi connectivity index (χ1v) is 7.86. The molecule has 0 aromatic heterocycles. The summed E-state index contributed by atoms with van der Waals surface area (Å²) in [5, 5.41) is 3.71. The monoisotopic (exact) mass is 270 g/mol. The van der Waals surface area contributed by atoms with Crippen LogP contribution in [0.1, 0.15) is 47.5 Å². The Kier molecular flexibility index (Phi) is 6.78. The molecule has 1 N–H and O–H groups in total. The predicted molar refractivity (Wildman–Crippen MR) is 82.6 cm³/mol. The van der Waals surface area contributed by atoms with Crippen LogP contribution in [0.2, 0.25) is 0 Å². The number of methoxy groups -OCH3 is 1. The Morgan fingerprint density at radius 2 is 2.11 bits per heavy atom. The summed E-state index contributed by atoms with van der Waals surface area (Å²) < 4.78 is 5.24. The van der Waals surface area contributed by atoms with Crippen LogP contribution in [0.15, 0.2) is 0 Å². The summed E-state index contributed by atoms with van der Waals surface area (Å²) in [6.45, 7) is 16.1. The summed E-state index contributed by atoms with van der Waals surface area (Å²) in [5.41, 5.74) is 0.335. The first kappa shape index (κ1) is 16.9. The third-order valence-electron chi connectivity index (χ3n) is 4.67. The van der Waals surface area contributed by atoms with Crippen LogP contribution in [0.25, 0.3) is 0 Å². The van der Waals surface area contributed by atoms with Crippen LogP contribution in [0.4, 0.5) is 0 Å². The molecule has 3 nitrogen and oxygen atoms in total. The molecule has 1 heterocycles. The van der Waals surface area contributed by atoms with Gasteiger partial charge in [0.25, 0.3) is 0 Å². The molecule has 1 aliphatic rings. The molecular weight excluding hydrogens is 236 g/mol. The third-order valence-corrected chi connectivity index (χ3v) is 4.67. The molecule has 0 aromatic rings. The van der Waals surface area contributed by atoms with E-state index >= 15 is 0 Å². The van der Waals surface area contributed by atoms with Gasteiger partial charge in [0.2, 0.25) is 0 Å². The maximum atomic E-state index is 5.24. The van der Waals surface area contributed by atoms with Crippen molar-refractivity contribution in [3.63, 3.8) is 0 Å². The Morgan fingerprint density at radius 3 is 2.68 bits per heavy atom. The second kappa shape index (κ2) is 7.61. The van der Waals surface area contributed by atoms with Gasteiger partial charge in [-0.05, 0) is 24.7 Å². The molecule has 0 saturated carbocycles. The zero-order valence-electron chi connectivity index (χ0n) is 13.8. The molecule has 3 atom stereocenters. The molecule has 0 spiro atoms. The summed E-state index contributed by atoms with van der Waals surface area (Å²) in [4.78, 5) is 2.67. The highest BCUT2D eigenvalue weighted by Gasteiger charge is 2.31. The minimum Gasteiger partial charge on any atom is -0.385 e. The fraction of sp³-hybridized carbons (Fsp3) is 1.00. The van der Waals surface area contributed by atoms with Gasteiger partial charge in [0.15, 0.2) is 0 Å². The van der Waals surface area contributed by atoms with Crippen molar-refractivity contribution in [1.29, 1.82) is 0 Å². The molecule has 0 bridgehead atoms. The smallest absolute Gasteiger partial charge is 0.0467 e. The van der Waals surface area contributed by atoms with Crippen LogP contribution in [0.3, 0.4) is 0 Å². The van der Waals surface area contributed by atoms with Gasteiger partial charge >= 0.3 is 0 Å². The summed E-state index contributed by atoms with van der Waals surface area (Å²) in [7, 11) is 1.79. The second-order valence-corrected chi connectivity index (χ2v) is 7.09. The van der Waals surface area contributed by atoms with Crippen LogP contribution in [0.5, 0.6) is 0 Å². The van der Waals surface area contributed by atoms with Gasteiger partial charge in [-0.1, -0.05) is 34.1 Å². The standard InChI is InChI=1S/C16H34N2O/c1-7-13(2)15-11-18(14(3)10-17-15)12-16(4,5)8-9-19-6/h13-15,17H,7-12H2,1-6H3. The minimum atomic E-state index is 0.335. The zero-order valence-corrected chi connectivity index (χ0v) is 13.8. The summed E-state index contributed by atoms with van der Waals surface area (Å²) in [5.74, 6) is 0.761. The highest BCUT2D eigenvalue weighted by Crippen LogP contribution is 2.25. The maximum absolute atomic E-state index is 5.24. The molecule has 0 aliphatic carbocycles. The Balaban J connectivity index is 2.54. The van der Waals surface area contributed by atoms with E-state index in [1.54, 1.807) is 7.11 Å². The lowest BCUT2D eigenvalue weighted by molar-refractivity contribution is 0.0613. The van der Waals surface area contributed by atoms with Crippen molar-refractivity contribution in [3.05, 3.63) is 0 Å². The van der Waals surface area contributed by atoms with E-state index in [1.807, 2.05) is 0 Å². The van der Waals surface area contributed by atoms with E-state index in [1.165, 1.54) is 19.5 Å². The zero-order chi connectivity index (χ0) is 14.5. The number of hydrogen-bond donors (Lipinski definition) is 1. The lowest BCUT2D eigenvalue weighted by atomic mass is 9.87. The number of hydrogen-bond acceptors (Lipinski definition) is 3. The molecule has 0 amide bonds. The predicted octanol–water partition coefficient (Wildman–Crippen LogP) is 2.76. The lowest BCUT2D eigenvalue weighted by Gasteiger charge is -2.44. The Labute approximate surface area is 120 Å². The average molecular weight is 270 g/mol. The van der Waals surface area contributed by atoms with Crippen molar-refractivity contribution < 1.29 is 4.74 Å². The topological polar surface area (TPSA) is 24.5 Å². The number of rotatable bonds is 7. The Hall–Kier alpha value is -0.120. The average Bonchev–Trinajstić information content (AvgIpc) is 2.38. The fourth-order valence-corrected chi connectivity index (χ4v) is 2.84. The number of piperazine rings is 1. The molecule has 1 rings (SSSR count). The molecular formula is C16H34N2O. The highest BCUT2D eigenvalue weighted by molar-refractivity contribution is 4.88. The van der Waals surface area contributed by atoms with Crippen LogP contribution >= 0.6 is 0 Å². The van der Waals surface area contributed by atoms with Crippen molar-refractivity contribution in [2.24, 2.45) is 11.3 Å². The molecule has 114 valence electrons. The van der Waals surface area contributed by atoms with Gasteiger partial charge in [0, 0.05) is 45.4 Å². The van der Waals surface area contributed by atoms with Gasteiger partial charge in [0.05, 0.1) is 0 Å². The molecule has 19 heavy (non-hydrogen) atoms. The molecule has 1 saturated heterocycles. The van der Waals surface area contributed by atoms with Gasteiger partial charge in [-0.2, -0.15) is 0 Å². The molecule has 0 aromatic carbocycles. The van der Waals surface area contributed by atoms with Crippen molar-refractivity contribution >= 4 is 0 Å². The van der Waals surface area contributed by atoms with E-state index < -0.39 is 0 Å². The van der Waals surface area contributed by atoms with Crippen LogP contribution in [0, 0.1) is 11.3 Å². The number of nitrogens with zero attached hydrogens (tertiary/aromatic N) is 1. The highest BCUT2D eigenvalue weighted by atomic mass is 16.5. The Bertz CT molecular complexity index is 255. The van der Waals surface area contributed by atoms with Crippen molar-refractivity contribution in [1.82, 2.24) is 10.2 Å². The molecule has 0 radical (unpaired) electrons. The molecule has 3 heteroatoms. The van der Waals surface area contributed by atoms with E-state index in [-0.39, 0.29) is 0 Å². The minimum absolute atomic E-state index is 0.335. The first-order valence-electron chi connectivity index (χ1n) is 7.86. The van der Waals surface area contributed by atoms with E-state index in [0.29, 0.717) is 17.5 Å². The fourth-order valence-electron chi connectivity index (χ4n) is 2.84.